The molecule has 0 aliphatic rings. The lowest BCUT2D eigenvalue weighted by Gasteiger charge is -2.21. The molecule has 4 aromatic carbocycles. The van der Waals surface area contributed by atoms with E-state index in [0.29, 0.717) is 4.90 Å². The summed E-state index contributed by atoms with van der Waals surface area (Å²) < 4.78 is 23.7. The number of hydrogen-bond donors (Lipinski definition) is 0. The van der Waals surface area contributed by atoms with Gasteiger partial charge in [-0.15, -0.1) is 0 Å². The zero-order valence-electron chi connectivity index (χ0n) is 15.0. The Bertz CT molecular complexity index is 1170. The molecule has 0 heterocycles. The van der Waals surface area contributed by atoms with Crippen molar-refractivity contribution in [1.29, 1.82) is 0 Å². The molecule has 0 bridgehead atoms. The van der Waals surface area contributed by atoms with E-state index in [4.69, 9.17) is 0 Å². The summed E-state index contributed by atoms with van der Waals surface area (Å²) in [5.74, 6) is 0.0333. The molecular formula is C24H20O2S. The molecule has 1 atom stereocenters. The molecule has 0 aromatic heterocycles. The van der Waals surface area contributed by atoms with Gasteiger partial charge in [-0.2, -0.15) is 0 Å². The van der Waals surface area contributed by atoms with Crippen LogP contribution < -0.4 is 0 Å². The van der Waals surface area contributed by atoms with Crippen molar-refractivity contribution < 1.29 is 8.42 Å². The second kappa shape index (κ2) is 7.01. The van der Waals surface area contributed by atoms with Crippen LogP contribution in [-0.2, 0) is 9.84 Å². The normalized spacial score (nSPS) is 12.8. The predicted molar refractivity (Wildman–Crippen MR) is 111 cm³/mol. The molecule has 0 radical (unpaired) electrons. The van der Waals surface area contributed by atoms with E-state index in [9.17, 15) is 8.42 Å². The fourth-order valence-corrected chi connectivity index (χ4v) is 4.24. The number of sulfone groups is 1. The summed E-state index contributed by atoms with van der Waals surface area (Å²) in [6, 6.07) is 32.3. The highest BCUT2D eigenvalue weighted by Crippen LogP contribution is 2.36. The van der Waals surface area contributed by atoms with Gasteiger partial charge < -0.3 is 0 Å². The Morgan fingerprint density at radius 3 is 1.93 bits per heavy atom. The van der Waals surface area contributed by atoms with Crippen molar-refractivity contribution in [3.63, 3.8) is 0 Å². The summed E-state index contributed by atoms with van der Waals surface area (Å²) in [7, 11) is -3.21. The first-order valence-electron chi connectivity index (χ1n) is 8.87. The highest BCUT2D eigenvalue weighted by Gasteiger charge is 2.19. The highest BCUT2D eigenvalue weighted by molar-refractivity contribution is 7.90. The van der Waals surface area contributed by atoms with Gasteiger partial charge in [-0.05, 0) is 39.6 Å². The first kappa shape index (κ1) is 17.5. The quantitative estimate of drug-likeness (QED) is 0.448. The summed E-state index contributed by atoms with van der Waals surface area (Å²) in [5, 5.41) is 2.41. The highest BCUT2D eigenvalue weighted by atomic mass is 32.2. The van der Waals surface area contributed by atoms with Crippen LogP contribution in [0, 0.1) is 0 Å². The topological polar surface area (TPSA) is 34.1 Å². The lowest BCUT2D eigenvalue weighted by Crippen LogP contribution is -2.05. The van der Waals surface area contributed by atoms with Crippen LogP contribution in [0.1, 0.15) is 22.6 Å². The third kappa shape index (κ3) is 3.51. The van der Waals surface area contributed by atoms with Crippen LogP contribution >= 0.6 is 0 Å². The van der Waals surface area contributed by atoms with Crippen LogP contribution in [0.4, 0.5) is 0 Å². The van der Waals surface area contributed by atoms with E-state index in [1.807, 2.05) is 36.4 Å². The largest absolute Gasteiger partial charge is 0.224 e. The molecule has 0 N–H and O–H groups in total. The van der Waals surface area contributed by atoms with Crippen molar-refractivity contribution in [2.75, 3.05) is 6.26 Å². The van der Waals surface area contributed by atoms with Crippen molar-refractivity contribution in [2.24, 2.45) is 0 Å². The maximum absolute atomic E-state index is 11.8. The molecule has 0 spiro atoms. The Labute approximate surface area is 160 Å². The third-order valence-corrected chi connectivity index (χ3v) is 6.04. The average Bonchev–Trinajstić information content (AvgIpc) is 2.69. The molecule has 0 aliphatic heterocycles. The molecule has 4 rings (SSSR count). The van der Waals surface area contributed by atoms with Crippen molar-refractivity contribution >= 4 is 20.6 Å². The molecule has 3 heteroatoms. The van der Waals surface area contributed by atoms with Gasteiger partial charge in [0.1, 0.15) is 0 Å². The fourth-order valence-electron chi connectivity index (χ4n) is 3.61. The summed E-state index contributed by atoms with van der Waals surface area (Å²) >= 11 is 0. The zero-order chi connectivity index (χ0) is 18.9. The molecule has 0 saturated heterocycles. The second-order valence-corrected chi connectivity index (χ2v) is 8.77. The number of benzene rings is 4. The van der Waals surface area contributed by atoms with Gasteiger partial charge in [0, 0.05) is 12.2 Å². The van der Waals surface area contributed by atoms with E-state index in [2.05, 4.69) is 48.5 Å². The summed E-state index contributed by atoms with van der Waals surface area (Å²) in [6.45, 7) is 0. The van der Waals surface area contributed by atoms with E-state index in [1.54, 1.807) is 12.1 Å². The molecule has 2 nitrogen and oxygen atoms in total. The van der Waals surface area contributed by atoms with Gasteiger partial charge in [-0.1, -0.05) is 84.9 Å². The minimum absolute atomic E-state index is 0.0333. The summed E-state index contributed by atoms with van der Waals surface area (Å²) in [4.78, 5) is 0.344. The predicted octanol–water partition coefficient (Wildman–Crippen LogP) is 5.42. The van der Waals surface area contributed by atoms with E-state index >= 15 is 0 Å². The fraction of sp³-hybridized carbons (Fsp3) is 0.0833. The molecule has 4 aromatic rings. The molecular weight excluding hydrogens is 352 g/mol. The summed E-state index contributed by atoms with van der Waals surface area (Å²) in [5.41, 5.74) is 3.47. The minimum Gasteiger partial charge on any atom is -0.224 e. The average molecular weight is 372 g/mol. The van der Waals surface area contributed by atoms with Gasteiger partial charge in [0.15, 0.2) is 9.84 Å². The Morgan fingerprint density at radius 2 is 1.22 bits per heavy atom. The number of fused-ring (bicyclic) bond motifs is 1. The Balaban J connectivity index is 1.93. The van der Waals surface area contributed by atoms with Crippen molar-refractivity contribution in [2.45, 2.75) is 10.8 Å². The van der Waals surface area contributed by atoms with Crippen LogP contribution in [0.25, 0.3) is 10.8 Å². The molecule has 0 amide bonds. The van der Waals surface area contributed by atoms with Crippen LogP contribution in [0.5, 0.6) is 0 Å². The molecule has 0 saturated carbocycles. The Kier molecular flexibility index (Phi) is 4.54. The monoisotopic (exact) mass is 372 g/mol. The SMILES string of the molecule is CS(=O)(=O)c1ccc(C(c2ccccc2)c2cccc3ccccc23)cc1. The Morgan fingerprint density at radius 1 is 0.630 bits per heavy atom. The van der Waals surface area contributed by atoms with Crippen molar-refractivity contribution in [1.82, 2.24) is 0 Å². The second-order valence-electron chi connectivity index (χ2n) is 6.75. The zero-order valence-corrected chi connectivity index (χ0v) is 15.9. The lowest BCUT2D eigenvalue weighted by molar-refractivity contribution is 0.602. The molecule has 134 valence electrons. The lowest BCUT2D eigenvalue weighted by atomic mass is 9.83. The van der Waals surface area contributed by atoms with Gasteiger partial charge in [-0.3, -0.25) is 0 Å². The Hall–Kier alpha value is -2.91. The first-order chi connectivity index (χ1) is 13.0. The molecule has 0 fully saturated rings. The van der Waals surface area contributed by atoms with E-state index in [-0.39, 0.29) is 5.92 Å². The maximum atomic E-state index is 11.8. The van der Waals surface area contributed by atoms with Gasteiger partial charge in [-0.25, -0.2) is 8.42 Å². The number of rotatable bonds is 4. The van der Waals surface area contributed by atoms with E-state index < -0.39 is 9.84 Å². The van der Waals surface area contributed by atoms with Crippen LogP contribution in [-0.4, -0.2) is 14.7 Å². The van der Waals surface area contributed by atoms with Crippen LogP contribution in [0.2, 0.25) is 0 Å². The minimum atomic E-state index is -3.21. The van der Waals surface area contributed by atoms with Gasteiger partial charge in [0.25, 0.3) is 0 Å². The van der Waals surface area contributed by atoms with E-state index in [1.165, 1.54) is 28.2 Å². The molecule has 0 aliphatic carbocycles. The van der Waals surface area contributed by atoms with Gasteiger partial charge in [0.2, 0.25) is 0 Å². The number of hydrogen-bond acceptors (Lipinski definition) is 2. The standard InChI is InChI=1S/C24H20O2S/c1-27(25,26)21-16-14-20(15-17-21)24(19-9-3-2-4-10-19)23-13-7-11-18-8-5-6-12-22(18)23/h2-17,24H,1H3. The first-order valence-corrected chi connectivity index (χ1v) is 10.8. The van der Waals surface area contributed by atoms with Crippen LogP contribution in [0.3, 0.4) is 0 Å². The molecule has 27 heavy (non-hydrogen) atoms. The smallest absolute Gasteiger partial charge is 0.175 e. The van der Waals surface area contributed by atoms with Crippen LogP contribution in [0.15, 0.2) is 102 Å². The van der Waals surface area contributed by atoms with Crippen molar-refractivity contribution in [3.8, 4) is 0 Å². The van der Waals surface area contributed by atoms with Crippen molar-refractivity contribution in [3.05, 3.63) is 114 Å². The summed E-state index contributed by atoms with van der Waals surface area (Å²) in [6.07, 6.45) is 1.24. The van der Waals surface area contributed by atoms with Gasteiger partial charge >= 0.3 is 0 Å². The van der Waals surface area contributed by atoms with Gasteiger partial charge in [0.05, 0.1) is 4.90 Å². The maximum Gasteiger partial charge on any atom is 0.175 e. The molecule has 1 unspecified atom stereocenters. The third-order valence-electron chi connectivity index (χ3n) is 4.91. The van der Waals surface area contributed by atoms with E-state index in [0.717, 1.165) is 5.56 Å².